The van der Waals surface area contributed by atoms with Crippen LogP contribution in [0, 0.1) is 0 Å². The van der Waals surface area contributed by atoms with Gasteiger partial charge in [-0.3, -0.25) is 0 Å². The van der Waals surface area contributed by atoms with Crippen LogP contribution >= 0.6 is 23.8 Å². The monoisotopic (exact) mass is 320 g/mol. The predicted octanol–water partition coefficient (Wildman–Crippen LogP) is 2.42. The van der Waals surface area contributed by atoms with Gasteiger partial charge in [0.1, 0.15) is 4.90 Å². The zero-order valence-electron chi connectivity index (χ0n) is 10.8. The number of hydrogen-bond donors (Lipinski definition) is 1. The SMILES string of the molecule is CC(C)N(CCC(N)=S)S(=O)(=O)c1ccccc1Cl. The first kappa shape index (κ1) is 16.4. The average Bonchev–Trinajstić information content (AvgIpc) is 2.28. The Morgan fingerprint density at radius 1 is 1.42 bits per heavy atom. The second-order valence-corrected chi connectivity index (χ2v) is 7.15. The molecule has 1 rings (SSSR count). The summed E-state index contributed by atoms with van der Waals surface area (Å²) in [5.74, 6) is 0. The van der Waals surface area contributed by atoms with Crippen LogP contribution in [-0.2, 0) is 10.0 Å². The molecule has 0 heterocycles. The molecule has 0 aliphatic heterocycles. The summed E-state index contributed by atoms with van der Waals surface area (Å²) < 4.78 is 26.5. The van der Waals surface area contributed by atoms with E-state index < -0.39 is 10.0 Å². The molecule has 0 spiro atoms. The molecule has 1 aromatic rings. The van der Waals surface area contributed by atoms with Crippen LogP contribution in [0.3, 0.4) is 0 Å². The minimum atomic E-state index is -3.64. The molecule has 106 valence electrons. The largest absolute Gasteiger partial charge is 0.393 e. The summed E-state index contributed by atoms with van der Waals surface area (Å²) in [5.41, 5.74) is 5.44. The van der Waals surface area contributed by atoms with Crippen LogP contribution in [0.1, 0.15) is 20.3 Å². The maximum absolute atomic E-state index is 12.6. The van der Waals surface area contributed by atoms with Gasteiger partial charge in [-0.05, 0) is 26.0 Å². The maximum atomic E-state index is 12.6. The van der Waals surface area contributed by atoms with E-state index in [-0.39, 0.29) is 22.5 Å². The van der Waals surface area contributed by atoms with Crippen molar-refractivity contribution in [2.45, 2.75) is 31.2 Å². The fraction of sp³-hybridized carbons (Fsp3) is 0.417. The highest BCUT2D eigenvalue weighted by molar-refractivity contribution is 7.89. The van der Waals surface area contributed by atoms with Gasteiger partial charge in [-0.25, -0.2) is 8.42 Å². The summed E-state index contributed by atoms with van der Waals surface area (Å²) in [6.45, 7) is 3.85. The van der Waals surface area contributed by atoms with Gasteiger partial charge in [-0.1, -0.05) is 36.0 Å². The number of hydrogen-bond acceptors (Lipinski definition) is 3. The third kappa shape index (κ3) is 4.14. The number of nitrogens with two attached hydrogens (primary N) is 1. The smallest absolute Gasteiger partial charge is 0.244 e. The number of halogens is 1. The van der Waals surface area contributed by atoms with Crippen molar-refractivity contribution in [3.8, 4) is 0 Å². The Balaban J connectivity index is 3.14. The molecule has 0 aromatic heterocycles. The highest BCUT2D eigenvalue weighted by Crippen LogP contribution is 2.25. The molecular weight excluding hydrogens is 304 g/mol. The van der Waals surface area contributed by atoms with Gasteiger partial charge in [-0.15, -0.1) is 0 Å². The Bertz CT molecular complexity index is 559. The Kier molecular flexibility index (Phi) is 5.73. The molecule has 2 N–H and O–H groups in total. The maximum Gasteiger partial charge on any atom is 0.244 e. The molecule has 0 fully saturated rings. The zero-order chi connectivity index (χ0) is 14.6. The average molecular weight is 321 g/mol. The Morgan fingerprint density at radius 3 is 2.47 bits per heavy atom. The van der Waals surface area contributed by atoms with Crippen LogP contribution in [0.4, 0.5) is 0 Å². The lowest BCUT2D eigenvalue weighted by Gasteiger charge is -2.26. The van der Waals surface area contributed by atoms with Gasteiger partial charge in [0, 0.05) is 19.0 Å². The minimum absolute atomic E-state index is 0.105. The third-order valence-corrected chi connectivity index (χ3v) is 5.36. The van der Waals surface area contributed by atoms with E-state index >= 15 is 0 Å². The fourth-order valence-corrected chi connectivity index (χ4v) is 3.88. The molecule has 19 heavy (non-hydrogen) atoms. The van der Waals surface area contributed by atoms with E-state index in [4.69, 9.17) is 29.6 Å². The highest BCUT2D eigenvalue weighted by atomic mass is 35.5. The van der Waals surface area contributed by atoms with Crippen molar-refractivity contribution in [3.05, 3.63) is 29.3 Å². The minimum Gasteiger partial charge on any atom is -0.393 e. The molecule has 1 aromatic carbocycles. The molecule has 0 aliphatic carbocycles. The van der Waals surface area contributed by atoms with Crippen LogP contribution in [0.25, 0.3) is 0 Å². The van der Waals surface area contributed by atoms with Crippen LogP contribution in [-0.4, -0.2) is 30.3 Å². The molecule has 0 atom stereocenters. The number of thiocarbonyl (C=S) groups is 1. The standard InChI is InChI=1S/C12H17ClN2O2S2/c1-9(2)15(8-7-12(14)18)19(16,17)11-6-4-3-5-10(11)13/h3-6,9H,7-8H2,1-2H3,(H2,14,18). The summed E-state index contributed by atoms with van der Waals surface area (Å²) in [5, 5.41) is 0.212. The van der Waals surface area contributed by atoms with Crippen molar-refractivity contribution in [3.63, 3.8) is 0 Å². The van der Waals surface area contributed by atoms with E-state index in [1.165, 1.54) is 10.4 Å². The van der Waals surface area contributed by atoms with E-state index in [0.29, 0.717) is 11.4 Å². The first-order valence-corrected chi connectivity index (χ1v) is 8.04. The van der Waals surface area contributed by atoms with Crippen LogP contribution in [0.15, 0.2) is 29.2 Å². The van der Waals surface area contributed by atoms with Crippen molar-refractivity contribution in [2.24, 2.45) is 5.73 Å². The van der Waals surface area contributed by atoms with Crippen LogP contribution in [0.5, 0.6) is 0 Å². The summed E-state index contributed by atoms with van der Waals surface area (Å²) in [6.07, 6.45) is 0.344. The predicted molar refractivity (Wildman–Crippen MR) is 81.9 cm³/mol. The van der Waals surface area contributed by atoms with Gasteiger partial charge in [0.2, 0.25) is 10.0 Å². The van der Waals surface area contributed by atoms with E-state index in [1.54, 1.807) is 32.0 Å². The van der Waals surface area contributed by atoms with Crippen molar-refractivity contribution < 1.29 is 8.42 Å². The van der Waals surface area contributed by atoms with Crippen LogP contribution < -0.4 is 5.73 Å². The Labute approximate surface area is 124 Å². The second kappa shape index (κ2) is 6.65. The van der Waals surface area contributed by atoms with Gasteiger partial charge < -0.3 is 5.73 Å². The highest BCUT2D eigenvalue weighted by Gasteiger charge is 2.28. The molecule has 0 saturated carbocycles. The van der Waals surface area contributed by atoms with Crippen molar-refractivity contribution in [1.82, 2.24) is 4.31 Å². The normalized spacial score (nSPS) is 12.1. The molecule has 0 aliphatic rings. The van der Waals surface area contributed by atoms with Crippen molar-refractivity contribution >= 4 is 38.8 Å². The van der Waals surface area contributed by atoms with E-state index in [1.807, 2.05) is 0 Å². The van der Waals surface area contributed by atoms with Gasteiger partial charge >= 0.3 is 0 Å². The summed E-state index contributed by atoms with van der Waals surface area (Å²) in [7, 11) is -3.64. The first-order valence-electron chi connectivity index (χ1n) is 5.81. The molecule has 0 bridgehead atoms. The van der Waals surface area contributed by atoms with Gasteiger partial charge in [0.15, 0.2) is 0 Å². The molecule has 0 unspecified atom stereocenters. The summed E-state index contributed by atoms with van der Waals surface area (Å²) in [4.78, 5) is 0.397. The molecule has 4 nitrogen and oxygen atoms in total. The van der Waals surface area contributed by atoms with Crippen molar-refractivity contribution in [2.75, 3.05) is 6.54 Å². The van der Waals surface area contributed by atoms with E-state index in [9.17, 15) is 8.42 Å². The lowest BCUT2D eigenvalue weighted by atomic mass is 10.3. The van der Waals surface area contributed by atoms with E-state index in [2.05, 4.69) is 0 Å². The number of rotatable bonds is 6. The quantitative estimate of drug-likeness (QED) is 0.818. The van der Waals surface area contributed by atoms with Crippen LogP contribution in [0.2, 0.25) is 5.02 Å². The summed E-state index contributed by atoms with van der Waals surface area (Å²) in [6, 6.07) is 6.19. The van der Waals surface area contributed by atoms with Crippen molar-refractivity contribution in [1.29, 1.82) is 0 Å². The molecule has 0 amide bonds. The topological polar surface area (TPSA) is 63.4 Å². The first-order chi connectivity index (χ1) is 8.76. The fourth-order valence-electron chi connectivity index (χ4n) is 1.66. The summed E-state index contributed by atoms with van der Waals surface area (Å²) >= 11 is 10.8. The van der Waals surface area contributed by atoms with Gasteiger partial charge in [-0.2, -0.15) is 4.31 Å². The zero-order valence-corrected chi connectivity index (χ0v) is 13.2. The van der Waals surface area contributed by atoms with Gasteiger partial charge in [0.05, 0.1) is 10.0 Å². The Morgan fingerprint density at radius 2 is 2.00 bits per heavy atom. The third-order valence-electron chi connectivity index (χ3n) is 2.58. The number of nitrogens with zero attached hydrogens (tertiary/aromatic N) is 1. The molecule has 0 radical (unpaired) electrons. The second-order valence-electron chi connectivity index (χ2n) is 4.36. The number of sulfonamides is 1. The van der Waals surface area contributed by atoms with E-state index in [0.717, 1.165) is 0 Å². The Hall–Kier alpha value is -0.690. The lowest BCUT2D eigenvalue weighted by Crippen LogP contribution is -2.39. The molecule has 7 heteroatoms. The lowest BCUT2D eigenvalue weighted by molar-refractivity contribution is 0.362. The molecular formula is C12H17ClN2O2S2. The van der Waals surface area contributed by atoms with Gasteiger partial charge in [0.25, 0.3) is 0 Å². The number of benzene rings is 1. The molecule has 0 saturated heterocycles.